The van der Waals surface area contributed by atoms with Crippen LogP contribution in [0.2, 0.25) is 0 Å². The number of phenolic OH excluding ortho intramolecular Hbond substituents is 1. The van der Waals surface area contributed by atoms with Gasteiger partial charge in [-0.3, -0.25) is 0 Å². The molecule has 3 nitrogen and oxygen atoms in total. The highest BCUT2D eigenvalue weighted by Gasteiger charge is 2.20. The minimum absolute atomic E-state index is 0.0377. The second kappa shape index (κ2) is 6.01. The third-order valence-electron chi connectivity index (χ3n) is 3.04. The Kier molecular flexibility index (Phi) is 4.35. The second-order valence-corrected chi connectivity index (χ2v) is 5.53. The van der Waals surface area contributed by atoms with E-state index in [9.17, 15) is 9.90 Å². The average molecular weight is 288 g/mol. The zero-order chi connectivity index (χ0) is 14.7. The molecule has 2 aromatic carbocycles. The van der Waals surface area contributed by atoms with Crippen LogP contribution in [0.3, 0.4) is 0 Å². The molecule has 0 aliphatic carbocycles. The molecule has 2 rings (SSSR count). The molecule has 0 unspecified atom stereocenters. The molecular weight excluding hydrogens is 272 g/mol. The van der Waals surface area contributed by atoms with Gasteiger partial charge in [-0.2, -0.15) is 0 Å². The number of carbonyl (C=O) groups excluding carboxylic acids is 1. The van der Waals surface area contributed by atoms with Gasteiger partial charge >= 0.3 is 5.97 Å². The van der Waals surface area contributed by atoms with E-state index in [2.05, 4.69) is 0 Å². The maximum atomic E-state index is 11.8. The summed E-state index contributed by atoms with van der Waals surface area (Å²) < 4.78 is 4.73. The molecule has 0 spiro atoms. The van der Waals surface area contributed by atoms with Crippen molar-refractivity contribution in [1.82, 2.24) is 0 Å². The Hall–Kier alpha value is -1.94. The first-order valence-electron chi connectivity index (χ1n) is 6.19. The maximum Gasteiger partial charge on any atom is 0.341 e. The van der Waals surface area contributed by atoms with E-state index in [-0.39, 0.29) is 11.3 Å². The van der Waals surface area contributed by atoms with Gasteiger partial charge in [0.2, 0.25) is 0 Å². The number of carbonyl (C=O) groups is 1. The fourth-order valence-corrected chi connectivity index (χ4v) is 3.07. The van der Waals surface area contributed by atoms with Crippen molar-refractivity contribution in [1.29, 1.82) is 0 Å². The molecule has 0 aliphatic rings. The number of benzene rings is 2. The molecule has 0 saturated heterocycles. The summed E-state index contributed by atoms with van der Waals surface area (Å²) >= 11 is 1.57. The smallest absolute Gasteiger partial charge is 0.341 e. The number of phenols is 1. The first-order valence-corrected chi connectivity index (χ1v) is 7.00. The molecule has 20 heavy (non-hydrogen) atoms. The van der Waals surface area contributed by atoms with E-state index in [0.717, 1.165) is 20.9 Å². The lowest BCUT2D eigenvalue weighted by Crippen LogP contribution is -2.06. The van der Waals surface area contributed by atoms with Gasteiger partial charge in [-0.1, -0.05) is 30.0 Å². The van der Waals surface area contributed by atoms with E-state index >= 15 is 0 Å². The fraction of sp³-hybridized carbons (Fsp3) is 0.188. The van der Waals surface area contributed by atoms with Gasteiger partial charge in [-0.15, -0.1) is 0 Å². The Morgan fingerprint density at radius 1 is 1.20 bits per heavy atom. The molecule has 0 radical (unpaired) electrons. The number of aryl methyl sites for hydroxylation is 1. The molecule has 0 fully saturated rings. The third-order valence-corrected chi connectivity index (χ3v) is 4.38. The first-order chi connectivity index (χ1) is 9.54. The SMILES string of the molecule is COC(=O)c1c(O)cc(C)c(Sc2ccccc2)c1C. The van der Waals surface area contributed by atoms with Crippen LogP contribution < -0.4 is 0 Å². The van der Waals surface area contributed by atoms with Crippen molar-refractivity contribution in [2.75, 3.05) is 7.11 Å². The normalized spacial score (nSPS) is 10.3. The summed E-state index contributed by atoms with van der Waals surface area (Å²) in [7, 11) is 1.31. The molecule has 2 aromatic rings. The minimum Gasteiger partial charge on any atom is -0.507 e. The van der Waals surface area contributed by atoms with E-state index in [4.69, 9.17) is 4.74 Å². The third kappa shape index (κ3) is 2.80. The van der Waals surface area contributed by atoms with E-state index in [1.807, 2.05) is 44.2 Å². The average Bonchev–Trinajstić information content (AvgIpc) is 2.44. The van der Waals surface area contributed by atoms with Crippen molar-refractivity contribution in [2.45, 2.75) is 23.6 Å². The van der Waals surface area contributed by atoms with Crippen LogP contribution in [-0.4, -0.2) is 18.2 Å². The highest BCUT2D eigenvalue weighted by Crippen LogP contribution is 2.37. The Labute approximate surface area is 122 Å². The van der Waals surface area contributed by atoms with Gasteiger partial charge < -0.3 is 9.84 Å². The molecule has 0 atom stereocenters. The lowest BCUT2D eigenvalue weighted by Gasteiger charge is -2.14. The monoisotopic (exact) mass is 288 g/mol. The standard InChI is InChI=1S/C16H16O3S/c1-10-9-13(17)14(16(18)19-3)11(2)15(10)20-12-7-5-4-6-8-12/h4-9,17H,1-3H3. The summed E-state index contributed by atoms with van der Waals surface area (Å²) in [5.41, 5.74) is 1.90. The van der Waals surface area contributed by atoms with Crippen molar-refractivity contribution in [3.8, 4) is 5.75 Å². The van der Waals surface area contributed by atoms with Crippen LogP contribution in [0.1, 0.15) is 21.5 Å². The Morgan fingerprint density at radius 3 is 2.45 bits per heavy atom. The quantitative estimate of drug-likeness (QED) is 0.869. The topological polar surface area (TPSA) is 46.5 Å². The minimum atomic E-state index is -0.519. The fourth-order valence-electron chi connectivity index (χ4n) is 2.07. The van der Waals surface area contributed by atoms with Crippen molar-refractivity contribution in [3.63, 3.8) is 0 Å². The predicted molar refractivity (Wildman–Crippen MR) is 79.5 cm³/mol. The zero-order valence-electron chi connectivity index (χ0n) is 11.6. The van der Waals surface area contributed by atoms with E-state index < -0.39 is 5.97 Å². The Balaban J connectivity index is 2.51. The molecule has 0 bridgehead atoms. The summed E-state index contributed by atoms with van der Waals surface area (Å²) in [5, 5.41) is 9.95. The van der Waals surface area contributed by atoms with Crippen LogP contribution in [-0.2, 0) is 4.74 Å². The second-order valence-electron chi connectivity index (χ2n) is 4.45. The Morgan fingerprint density at radius 2 is 1.85 bits per heavy atom. The number of esters is 1. The van der Waals surface area contributed by atoms with Crippen LogP contribution in [0.25, 0.3) is 0 Å². The number of hydrogen-bond acceptors (Lipinski definition) is 4. The molecule has 104 valence electrons. The van der Waals surface area contributed by atoms with Gasteiger partial charge in [0.15, 0.2) is 0 Å². The van der Waals surface area contributed by atoms with Crippen molar-refractivity contribution >= 4 is 17.7 Å². The highest BCUT2D eigenvalue weighted by atomic mass is 32.2. The van der Waals surface area contributed by atoms with Crippen LogP contribution in [0, 0.1) is 13.8 Å². The highest BCUT2D eigenvalue weighted by molar-refractivity contribution is 7.99. The van der Waals surface area contributed by atoms with Gasteiger partial charge in [0.05, 0.1) is 7.11 Å². The summed E-state index contributed by atoms with van der Waals surface area (Å²) in [6, 6.07) is 11.5. The summed E-state index contributed by atoms with van der Waals surface area (Å²) in [5.74, 6) is -0.556. The number of methoxy groups -OCH3 is 1. The summed E-state index contributed by atoms with van der Waals surface area (Å²) in [6.45, 7) is 3.74. The van der Waals surface area contributed by atoms with Crippen molar-refractivity contribution in [3.05, 3.63) is 53.1 Å². The van der Waals surface area contributed by atoms with E-state index in [0.29, 0.717) is 0 Å². The lowest BCUT2D eigenvalue weighted by molar-refractivity contribution is 0.0596. The van der Waals surface area contributed by atoms with Gasteiger partial charge in [0.25, 0.3) is 0 Å². The molecule has 0 aliphatic heterocycles. The first kappa shape index (κ1) is 14.5. The van der Waals surface area contributed by atoms with Gasteiger partial charge in [0.1, 0.15) is 11.3 Å². The van der Waals surface area contributed by atoms with Gasteiger partial charge in [-0.25, -0.2) is 4.79 Å². The van der Waals surface area contributed by atoms with Crippen LogP contribution in [0.5, 0.6) is 5.75 Å². The zero-order valence-corrected chi connectivity index (χ0v) is 12.5. The summed E-state index contributed by atoms with van der Waals surface area (Å²) in [6.07, 6.45) is 0. The van der Waals surface area contributed by atoms with Gasteiger partial charge in [0, 0.05) is 9.79 Å². The van der Waals surface area contributed by atoms with Crippen molar-refractivity contribution < 1.29 is 14.6 Å². The van der Waals surface area contributed by atoms with Crippen LogP contribution in [0.4, 0.5) is 0 Å². The summed E-state index contributed by atoms with van der Waals surface area (Å²) in [4.78, 5) is 13.8. The largest absolute Gasteiger partial charge is 0.507 e. The number of ether oxygens (including phenoxy) is 1. The number of hydrogen-bond donors (Lipinski definition) is 1. The van der Waals surface area contributed by atoms with Gasteiger partial charge in [-0.05, 0) is 43.2 Å². The Bertz CT molecular complexity index is 636. The molecule has 0 heterocycles. The molecular formula is C16H16O3S. The number of rotatable bonds is 3. The molecule has 0 saturated carbocycles. The molecule has 4 heteroatoms. The molecule has 0 aromatic heterocycles. The lowest BCUT2D eigenvalue weighted by atomic mass is 10.0. The van der Waals surface area contributed by atoms with E-state index in [1.165, 1.54) is 7.11 Å². The van der Waals surface area contributed by atoms with Crippen LogP contribution >= 0.6 is 11.8 Å². The van der Waals surface area contributed by atoms with Crippen LogP contribution in [0.15, 0.2) is 46.2 Å². The number of aromatic hydroxyl groups is 1. The predicted octanol–water partition coefficient (Wildman–Crippen LogP) is 3.95. The van der Waals surface area contributed by atoms with E-state index in [1.54, 1.807) is 17.8 Å². The van der Waals surface area contributed by atoms with Crippen molar-refractivity contribution in [2.24, 2.45) is 0 Å². The molecule has 1 N–H and O–H groups in total. The molecule has 0 amide bonds. The maximum absolute atomic E-state index is 11.8.